The molecule has 22 heteroatoms. The quantitative estimate of drug-likeness (QED) is 0.00898. The topological polar surface area (TPSA) is 215 Å². The maximum atomic E-state index is 15.2. The normalized spacial score (nSPS) is 13.8. The van der Waals surface area contributed by atoms with Crippen molar-refractivity contribution in [3.63, 3.8) is 0 Å². The molecule has 0 saturated carbocycles. The van der Waals surface area contributed by atoms with Gasteiger partial charge in [0, 0.05) is 25.3 Å². The zero-order valence-electron chi connectivity index (χ0n) is 52.0. The Hall–Kier alpha value is -10.5. The van der Waals surface area contributed by atoms with Crippen molar-refractivity contribution in [1.82, 2.24) is 21.3 Å². The third-order valence-electron chi connectivity index (χ3n) is 14.7. The third-order valence-corrected chi connectivity index (χ3v) is 14.7. The fourth-order valence-corrected chi connectivity index (χ4v) is 9.72. The van der Waals surface area contributed by atoms with Gasteiger partial charge in [-0.05, 0) is 108 Å². The number of rotatable bonds is 28. The summed E-state index contributed by atoms with van der Waals surface area (Å²) >= 11 is 0. The maximum absolute atomic E-state index is 15.2. The summed E-state index contributed by atoms with van der Waals surface area (Å²) in [6.45, 7) is 6.25. The summed E-state index contributed by atoms with van der Waals surface area (Å²) in [6.07, 6.45) is 4.04. The van der Waals surface area contributed by atoms with Crippen LogP contribution in [-0.2, 0) is 72.6 Å². The number of hydrogen-bond acceptors (Lipinski definition) is 13. The molecular weight excluding hydrogens is 1220 g/mol. The van der Waals surface area contributed by atoms with E-state index in [1.165, 1.54) is 0 Å². The second-order valence-electron chi connectivity index (χ2n) is 23.1. The van der Waals surface area contributed by atoms with E-state index in [4.69, 9.17) is 33.2 Å². The summed E-state index contributed by atoms with van der Waals surface area (Å²) in [5, 5.41) is 10.5. The number of esters is 2. The van der Waals surface area contributed by atoms with E-state index in [-0.39, 0.29) is 75.4 Å². The lowest BCUT2D eigenvalue weighted by atomic mass is 9.94. The minimum atomic E-state index is -2.49. The van der Waals surface area contributed by atoms with Gasteiger partial charge in [-0.3, -0.25) is 4.79 Å². The van der Waals surface area contributed by atoms with Crippen molar-refractivity contribution < 1.29 is 83.9 Å². The van der Waals surface area contributed by atoms with E-state index in [1.807, 2.05) is 54.6 Å². The second-order valence-corrected chi connectivity index (χ2v) is 23.1. The largest absolute Gasteiger partial charge is 0.489 e. The van der Waals surface area contributed by atoms with E-state index in [1.54, 1.807) is 155 Å². The molecule has 0 saturated heterocycles. The van der Waals surface area contributed by atoms with Crippen molar-refractivity contribution in [3.05, 3.63) is 244 Å². The summed E-state index contributed by atoms with van der Waals surface area (Å²) in [4.78, 5) is 83.7. The molecule has 0 fully saturated rings. The molecule has 4 N–H and O–H groups in total. The molecule has 492 valence electrons. The van der Waals surface area contributed by atoms with Crippen LogP contribution >= 0.6 is 0 Å². The van der Waals surface area contributed by atoms with Crippen LogP contribution in [0.25, 0.3) is 11.1 Å². The van der Waals surface area contributed by atoms with Crippen molar-refractivity contribution in [1.29, 1.82) is 0 Å². The van der Waals surface area contributed by atoms with Crippen LogP contribution in [0.4, 0.5) is 36.3 Å². The molecule has 7 aromatic carbocycles. The first-order valence-electron chi connectivity index (χ1n) is 30.2. The van der Waals surface area contributed by atoms with Gasteiger partial charge in [-0.2, -0.15) is 8.78 Å². The minimum Gasteiger partial charge on any atom is -0.489 e. The maximum Gasteiger partial charge on any atom is 0.408 e. The van der Waals surface area contributed by atoms with Gasteiger partial charge in [0.15, 0.2) is 0 Å². The SMILES string of the molecule is C[C@H](CCNC(=O)OCc1ccccc1)[C@H](NC(=O)OC(C)(C)C)C(=O)N[C@@H](Cc1cc(-c2ccc(OCc3ccccc3)c(C[C@H](NC(=O)OCC3C=CC=CC3)C(=O)Oc3c(F)c(F)c(F)c(F)c3F)c2)ccc1OCc1ccccc1)C(=O)OCc1ccccc1. The van der Waals surface area contributed by atoms with E-state index in [0.717, 1.165) is 11.1 Å². The van der Waals surface area contributed by atoms with Gasteiger partial charge in [0.25, 0.3) is 0 Å². The number of amides is 4. The standard InChI is InChI=1S/C72H71F5N4O13/c1-45(34-35-78-69(85)91-43-49-26-16-8-17-27-49)64(81-71(87)94-72(2,3)4)66(82)79-55(67(83)90-42-48-24-14-7-15-25-48)38-53-36-51(30-32-57(53)88-40-46-20-10-5-11-21-46)52-31-33-58(89-41-47-22-12-6-13-23-47)54(37-52)39-56(80-70(86)92-44-50-28-18-9-19-29-50)68(84)93-65-62(76)60(74)59(73)61(75)63(65)77/h5-28,30-33,36-37,45,50,55-56,64H,29,34-35,38-44H2,1-4H3,(H,78,85)(H,79,82)(H,80,86)(H,81,87)/t45-,50?,55+,56+,64+/m1/s1. The number of hydrogen-bond donors (Lipinski definition) is 4. The number of alkyl carbamates (subject to hydrolysis) is 3. The molecule has 7 aromatic rings. The molecule has 0 aromatic heterocycles. The van der Waals surface area contributed by atoms with Crippen LogP contribution in [0, 0.1) is 40.9 Å². The number of carbonyl (C=O) groups excluding carboxylic acids is 6. The molecule has 8 rings (SSSR count). The molecule has 94 heavy (non-hydrogen) atoms. The van der Waals surface area contributed by atoms with Crippen LogP contribution in [0.1, 0.15) is 73.9 Å². The Kier molecular flexibility index (Phi) is 24.9. The molecule has 0 bridgehead atoms. The smallest absolute Gasteiger partial charge is 0.408 e. The van der Waals surface area contributed by atoms with Gasteiger partial charge in [-0.1, -0.05) is 165 Å². The molecule has 0 spiro atoms. The van der Waals surface area contributed by atoms with Gasteiger partial charge in [0.1, 0.15) is 61.7 Å². The predicted molar refractivity (Wildman–Crippen MR) is 337 cm³/mol. The lowest BCUT2D eigenvalue weighted by Crippen LogP contribution is -2.55. The highest BCUT2D eigenvalue weighted by Gasteiger charge is 2.35. The van der Waals surface area contributed by atoms with E-state index >= 15 is 8.78 Å². The van der Waals surface area contributed by atoms with Gasteiger partial charge in [-0.15, -0.1) is 0 Å². The van der Waals surface area contributed by atoms with Crippen LogP contribution < -0.4 is 35.5 Å². The Morgan fingerprint density at radius 1 is 0.521 bits per heavy atom. The first-order valence-corrected chi connectivity index (χ1v) is 30.2. The van der Waals surface area contributed by atoms with E-state index in [0.29, 0.717) is 34.2 Å². The van der Waals surface area contributed by atoms with Crippen molar-refractivity contribution >= 4 is 36.1 Å². The van der Waals surface area contributed by atoms with Gasteiger partial charge < -0.3 is 54.4 Å². The Labute approximate surface area is 540 Å². The second kappa shape index (κ2) is 33.7. The van der Waals surface area contributed by atoms with Gasteiger partial charge in [0.2, 0.25) is 40.7 Å². The van der Waals surface area contributed by atoms with E-state index < -0.39 is 107 Å². The first kappa shape index (κ1) is 69.4. The lowest BCUT2D eigenvalue weighted by Gasteiger charge is -2.28. The molecule has 0 aliphatic heterocycles. The molecule has 17 nitrogen and oxygen atoms in total. The molecule has 5 atom stereocenters. The molecule has 0 radical (unpaired) electrons. The van der Waals surface area contributed by atoms with Gasteiger partial charge >= 0.3 is 30.2 Å². The van der Waals surface area contributed by atoms with Crippen LogP contribution in [0.2, 0.25) is 0 Å². The zero-order valence-corrected chi connectivity index (χ0v) is 52.0. The summed E-state index contributed by atoms with van der Waals surface area (Å²) in [6, 6.07) is 40.9. The van der Waals surface area contributed by atoms with E-state index in [9.17, 15) is 41.9 Å². The Morgan fingerprint density at radius 3 is 1.49 bits per heavy atom. The summed E-state index contributed by atoms with van der Waals surface area (Å²) in [7, 11) is 0. The molecular formula is C72H71F5N4O13. The number of allylic oxidation sites excluding steroid dienone is 3. The number of benzene rings is 7. The average Bonchev–Trinajstić information content (AvgIpc) is 0.809. The summed E-state index contributed by atoms with van der Waals surface area (Å²) in [5.74, 6) is -18.0. The lowest BCUT2D eigenvalue weighted by molar-refractivity contribution is -0.149. The zero-order chi connectivity index (χ0) is 67.2. The number of halogens is 5. The molecule has 1 aliphatic carbocycles. The highest BCUT2D eigenvalue weighted by atomic mass is 19.2. The average molecular weight is 1300 g/mol. The van der Waals surface area contributed by atoms with Gasteiger partial charge in [0.05, 0.1) is 6.61 Å². The summed E-state index contributed by atoms with van der Waals surface area (Å²) < 4.78 is 114. The summed E-state index contributed by atoms with van der Waals surface area (Å²) in [5.41, 5.74) is 3.19. The van der Waals surface area contributed by atoms with Crippen LogP contribution in [0.15, 0.2) is 182 Å². The van der Waals surface area contributed by atoms with Crippen LogP contribution in [-0.4, -0.2) is 73.0 Å². The highest BCUT2D eigenvalue weighted by Crippen LogP contribution is 2.35. The Morgan fingerprint density at radius 2 is 1.00 bits per heavy atom. The molecule has 4 amide bonds. The highest BCUT2D eigenvalue weighted by molar-refractivity contribution is 5.90. The van der Waals surface area contributed by atoms with Crippen molar-refractivity contribution in [2.45, 2.75) is 104 Å². The van der Waals surface area contributed by atoms with Crippen LogP contribution in [0.3, 0.4) is 0 Å². The Balaban J connectivity index is 1.16. The fourth-order valence-electron chi connectivity index (χ4n) is 9.72. The molecule has 1 unspecified atom stereocenters. The number of ether oxygens (including phenoxy) is 7. The minimum absolute atomic E-state index is 0.00652. The number of nitrogens with one attached hydrogen (secondary N) is 4. The fraction of sp³-hybridized carbons (Fsp3) is 0.278. The van der Waals surface area contributed by atoms with E-state index in [2.05, 4.69) is 21.3 Å². The first-order chi connectivity index (χ1) is 45.2. The van der Waals surface area contributed by atoms with Crippen molar-refractivity contribution in [3.8, 4) is 28.4 Å². The van der Waals surface area contributed by atoms with Crippen molar-refractivity contribution in [2.75, 3.05) is 13.2 Å². The van der Waals surface area contributed by atoms with Gasteiger partial charge in [-0.25, -0.2) is 37.1 Å². The third kappa shape index (κ3) is 20.8. The Bertz CT molecular complexity index is 3770. The van der Waals surface area contributed by atoms with Crippen molar-refractivity contribution in [2.24, 2.45) is 11.8 Å². The number of carbonyl (C=O) groups is 6. The predicted octanol–water partition coefficient (Wildman–Crippen LogP) is 13.2. The van der Waals surface area contributed by atoms with Crippen LogP contribution in [0.5, 0.6) is 17.2 Å². The molecule has 0 heterocycles. The monoisotopic (exact) mass is 1290 g/mol. The molecule has 1 aliphatic rings.